The van der Waals surface area contributed by atoms with Crippen molar-refractivity contribution in [1.29, 1.82) is 0 Å². The molecule has 0 saturated carbocycles. The van der Waals surface area contributed by atoms with E-state index in [1.807, 2.05) is 12.3 Å². The predicted molar refractivity (Wildman–Crippen MR) is 62.8 cm³/mol. The van der Waals surface area contributed by atoms with E-state index < -0.39 is 6.17 Å². The standard InChI is InChI=1S/C13H17FN2/c1-11(16-8-6-13(14)10-16)4-5-12-3-2-7-15-9-12/h2-3,7,9,13H,1,4-6,8,10H2. The molecular weight excluding hydrogens is 203 g/mol. The lowest BCUT2D eigenvalue weighted by atomic mass is 10.1. The van der Waals surface area contributed by atoms with Crippen LogP contribution >= 0.6 is 0 Å². The monoisotopic (exact) mass is 220 g/mol. The van der Waals surface area contributed by atoms with Crippen LogP contribution in [-0.4, -0.2) is 29.1 Å². The van der Waals surface area contributed by atoms with Gasteiger partial charge < -0.3 is 4.90 Å². The van der Waals surface area contributed by atoms with Gasteiger partial charge in [-0.2, -0.15) is 0 Å². The normalized spacial score (nSPS) is 20.1. The minimum atomic E-state index is -0.671. The van der Waals surface area contributed by atoms with Crippen LogP contribution in [0.25, 0.3) is 0 Å². The maximum Gasteiger partial charge on any atom is 0.119 e. The highest BCUT2D eigenvalue weighted by Crippen LogP contribution is 2.19. The van der Waals surface area contributed by atoms with Gasteiger partial charge in [0.05, 0.1) is 0 Å². The summed E-state index contributed by atoms with van der Waals surface area (Å²) in [7, 11) is 0. The van der Waals surface area contributed by atoms with Crippen LogP contribution in [0.3, 0.4) is 0 Å². The number of nitrogens with zero attached hydrogens (tertiary/aromatic N) is 2. The maximum atomic E-state index is 13.0. The van der Waals surface area contributed by atoms with Crippen LogP contribution in [-0.2, 0) is 6.42 Å². The number of halogens is 1. The van der Waals surface area contributed by atoms with Crippen LogP contribution in [0, 0.1) is 0 Å². The number of alkyl halides is 1. The molecule has 2 heterocycles. The van der Waals surface area contributed by atoms with Gasteiger partial charge in [-0.25, -0.2) is 4.39 Å². The van der Waals surface area contributed by atoms with E-state index in [-0.39, 0.29) is 0 Å². The minimum Gasteiger partial charge on any atom is -0.372 e. The second-order valence-electron chi connectivity index (χ2n) is 4.26. The van der Waals surface area contributed by atoms with Crippen LogP contribution < -0.4 is 0 Å². The van der Waals surface area contributed by atoms with Crippen molar-refractivity contribution in [3.63, 3.8) is 0 Å². The van der Waals surface area contributed by atoms with Gasteiger partial charge in [0, 0.05) is 31.2 Å². The van der Waals surface area contributed by atoms with E-state index in [9.17, 15) is 4.39 Å². The highest BCUT2D eigenvalue weighted by atomic mass is 19.1. The summed E-state index contributed by atoms with van der Waals surface area (Å²) in [5, 5.41) is 0. The van der Waals surface area contributed by atoms with E-state index in [0.717, 1.165) is 25.1 Å². The molecule has 1 aromatic rings. The van der Waals surface area contributed by atoms with Crippen LogP contribution in [0.5, 0.6) is 0 Å². The molecule has 16 heavy (non-hydrogen) atoms. The summed E-state index contributed by atoms with van der Waals surface area (Å²) in [5.74, 6) is 0. The van der Waals surface area contributed by atoms with Gasteiger partial charge in [0.1, 0.15) is 6.17 Å². The topological polar surface area (TPSA) is 16.1 Å². The summed E-state index contributed by atoms with van der Waals surface area (Å²) in [4.78, 5) is 6.13. The molecular formula is C13H17FN2. The van der Waals surface area contributed by atoms with Gasteiger partial charge in [-0.15, -0.1) is 0 Å². The van der Waals surface area contributed by atoms with E-state index in [1.165, 1.54) is 5.56 Å². The van der Waals surface area contributed by atoms with Crippen LogP contribution in [0.2, 0.25) is 0 Å². The molecule has 0 radical (unpaired) electrons. The number of hydrogen-bond acceptors (Lipinski definition) is 2. The highest BCUT2D eigenvalue weighted by Gasteiger charge is 2.22. The Morgan fingerprint density at radius 3 is 3.12 bits per heavy atom. The summed E-state index contributed by atoms with van der Waals surface area (Å²) >= 11 is 0. The Labute approximate surface area is 95.8 Å². The van der Waals surface area contributed by atoms with Gasteiger partial charge in [0.25, 0.3) is 0 Å². The molecule has 2 nitrogen and oxygen atoms in total. The molecule has 0 amide bonds. The van der Waals surface area contributed by atoms with Crippen molar-refractivity contribution in [2.75, 3.05) is 13.1 Å². The molecule has 1 aliphatic rings. The van der Waals surface area contributed by atoms with E-state index in [1.54, 1.807) is 6.20 Å². The van der Waals surface area contributed by atoms with Gasteiger partial charge in [-0.05, 0) is 30.9 Å². The first-order chi connectivity index (χ1) is 7.75. The van der Waals surface area contributed by atoms with E-state index >= 15 is 0 Å². The number of hydrogen-bond donors (Lipinski definition) is 0. The molecule has 1 atom stereocenters. The number of aryl methyl sites for hydroxylation is 1. The van der Waals surface area contributed by atoms with E-state index in [0.29, 0.717) is 13.0 Å². The second kappa shape index (κ2) is 5.10. The SMILES string of the molecule is C=C(CCc1cccnc1)N1CCC(F)C1. The number of pyridine rings is 1. The second-order valence-corrected chi connectivity index (χ2v) is 4.26. The van der Waals surface area contributed by atoms with Crippen molar-refractivity contribution in [2.24, 2.45) is 0 Å². The molecule has 2 rings (SSSR count). The Bertz CT molecular complexity index is 350. The van der Waals surface area contributed by atoms with Gasteiger partial charge in [-0.3, -0.25) is 4.98 Å². The first kappa shape index (κ1) is 11.1. The molecule has 1 fully saturated rings. The number of allylic oxidation sites excluding steroid dienone is 1. The van der Waals surface area contributed by atoms with Crippen molar-refractivity contribution in [3.8, 4) is 0 Å². The minimum absolute atomic E-state index is 0.520. The molecule has 0 spiro atoms. The third-order valence-corrected chi connectivity index (χ3v) is 3.00. The van der Waals surface area contributed by atoms with Crippen LogP contribution in [0.1, 0.15) is 18.4 Å². The zero-order valence-corrected chi connectivity index (χ0v) is 9.40. The summed E-state index contributed by atoms with van der Waals surface area (Å²) in [5.41, 5.74) is 2.25. The van der Waals surface area contributed by atoms with Gasteiger partial charge >= 0.3 is 0 Å². The maximum absolute atomic E-state index is 13.0. The Kier molecular flexibility index (Phi) is 3.54. The molecule has 1 aliphatic heterocycles. The molecule has 1 aromatic heterocycles. The fourth-order valence-electron chi connectivity index (χ4n) is 2.00. The first-order valence-corrected chi connectivity index (χ1v) is 5.71. The molecule has 0 aromatic carbocycles. The average Bonchev–Trinajstić information content (AvgIpc) is 2.74. The summed E-state index contributed by atoms with van der Waals surface area (Å²) < 4.78 is 13.0. The largest absolute Gasteiger partial charge is 0.372 e. The van der Waals surface area contributed by atoms with Crippen molar-refractivity contribution in [3.05, 3.63) is 42.4 Å². The molecule has 1 saturated heterocycles. The lowest BCUT2D eigenvalue weighted by Gasteiger charge is -2.20. The molecule has 0 N–H and O–H groups in total. The Morgan fingerprint density at radius 1 is 1.62 bits per heavy atom. The molecule has 3 heteroatoms. The quantitative estimate of drug-likeness (QED) is 0.775. The van der Waals surface area contributed by atoms with Gasteiger partial charge in [0.15, 0.2) is 0 Å². The molecule has 86 valence electrons. The molecule has 0 bridgehead atoms. The number of likely N-dealkylation sites (tertiary alicyclic amines) is 1. The summed E-state index contributed by atoms with van der Waals surface area (Å²) in [6, 6.07) is 3.99. The zero-order chi connectivity index (χ0) is 11.4. The summed E-state index contributed by atoms with van der Waals surface area (Å²) in [6.45, 7) is 5.36. The van der Waals surface area contributed by atoms with Crippen molar-refractivity contribution >= 4 is 0 Å². The lowest BCUT2D eigenvalue weighted by molar-refractivity contribution is 0.320. The predicted octanol–water partition coefficient (Wildman–Crippen LogP) is 2.57. The lowest BCUT2D eigenvalue weighted by Crippen LogP contribution is -2.20. The Morgan fingerprint density at radius 2 is 2.50 bits per heavy atom. The smallest absolute Gasteiger partial charge is 0.119 e. The zero-order valence-electron chi connectivity index (χ0n) is 9.40. The number of rotatable bonds is 4. The van der Waals surface area contributed by atoms with Gasteiger partial charge in [-0.1, -0.05) is 12.6 Å². The van der Waals surface area contributed by atoms with Crippen molar-refractivity contribution < 1.29 is 4.39 Å². The van der Waals surface area contributed by atoms with Crippen LogP contribution in [0.4, 0.5) is 4.39 Å². The average molecular weight is 220 g/mol. The molecule has 0 aliphatic carbocycles. The van der Waals surface area contributed by atoms with E-state index in [4.69, 9.17) is 0 Å². The van der Waals surface area contributed by atoms with E-state index in [2.05, 4.69) is 22.5 Å². The Hall–Kier alpha value is -1.38. The number of aromatic nitrogens is 1. The summed E-state index contributed by atoms with van der Waals surface area (Å²) in [6.07, 6.45) is 5.43. The van der Waals surface area contributed by atoms with Crippen molar-refractivity contribution in [1.82, 2.24) is 9.88 Å². The fraction of sp³-hybridized carbons (Fsp3) is 0.462. The third-order valence-electron chi connectivity index (χ3n) is 3.00. The van der Waals surface area contributed by atoms with Crippen molar-refractivity contribution in [2.45, 2.75) is 25.4 Å². The van der Waals surface area contributed by atoms with Gasteiger partial charge in [0.2, 0.25) is 0 Å². The Balaban J connectivity index is 1.80. The first-order valence-electron chi connectivity index (χ1n) is 5.71. The highest BCUT2D eigenvalue weighted by molar-refractivity contribution is 5.11. The molecule has 1 unspecified atom stereocenters. The fourth-order valence-corrected chi connectivity index (χ4v) is 2.00. The van der Waals surface area contributed by atoms with Crippen LogP contribution in [0.15, 0.2) is 36.8 Å². The third kappa shape index (κ3) is 2.81.